The Balaban J connectivity index is 2.01. The van der Waals surface area contributed by atoms with Crippen LogP contribution in [0.1, 0.15) is 15.9 Å². The third kappa shape index (κ3) is 3.52. The number of carbonyl (C=O) groups is 1. The van der Waals surface area contributed by atoms with Crippen molar-refractivity contribution in [2.75, 3.05) is 0 Å². The highest BCUT2D eigenvalue weighted by Gasteiger charge is 2.10. The quantitative estimate of drug-likeness (QED) is 0.374. The summed E-state index contributed by atoms with van der Waals surface area (Å²) in [5.74, 6) is -0.569. The van der Waals surface area contributed by atoms with Crippen LogP contribution in [0.2, 0.25) is 5.15 Å². The van der Waals surface area contributed by atoms with Gasteiger partial charge in [-0.15, -0.1) is 0 Å². The van der Waals surface area contributed by atoms with Gasteiger partial charge in [0.2, 0.25) is 0 Å². The highest BCUT2D eigenvalue weighted by atomic mass is 35.5. The van der Waals surface area contributed by atoms with E-state index in [-0.39, 0.29) is 23.0 Å². The Morgan fingerprint density at radius 1 is 1.35 bits per heavy atom. The molecule has 20 heavy (non-hydrogen) atoms. The lowest BCUT2D eigenvalue weighted by Gasteiger charge is -2.04. The van der Waals surface area contributed by atoms with Crippen LogP contribution in [-0.2, 0) is 11.3 Å². The lowest BCUT2D eigenvalue weighted by atomic mass is 10.2. The molecule has 7 heteroatoms. The van der Waals surface area contributed by atoms with Gasteiger partial charge in [0.15, 0.2) is 0 Å². The summed E-state index contributed by atoms with van der Waals surface area (Å²) >= 11 is 5.61. The van der Waals surface area contributed by atoms with E-state index in [1.54, 1.807) is 6.07 Å². The number of hydrogen-bond donors (Lipinski definition) is 0. The minimum atomic E-state index is -0.569. The van der Waals surface area contributed by atoms with E-state index in [1.807, 2.05) is 0 Å². The summed E-state index contributed by atoms with van der Waals surface area (Å²) in [7, 11) is 0. The molecule has 1 aromatic carbocycles. The monoisotopic (exact) mass is 292 g/mol. The number of ether oxygens (including phenoxy) is 1. The average molecular weight is 293 g/mol. The molecule has 0 unspecified atom stereocenters. The van der Waals surface area contributed by atoms with E-state index < -0.39 is 10.9 Å². The maximum atomic E-state index is 11.7. The van der Waals surface area contributed by atoms with Crippen LogP contribution in [0.3, 0.4) is 0 Å². The molecule has 2 aromatic rings. The minimum absolute atomic E-state index is 0.0493. The van der Waals surface area contributed by atoms with Crippen molar-refractivity contribution < 1.29 is 14.5 Å². The van der Waals surface area contributed by atoms with Gasteiger partial charge in [-0.2, -0.15) is 0 Å². The third-order valence-electron chi connectivity index (χ3n) is 2.45. The summed E-state index contributed by atoms with van der Waals surface area (Å²) in [6, 6.07) is 8.87. The molecule has 0 saturated heterocycles. The topological polar surface area (TPSA) is 82.3 Å². The van der Waals surface area contributed by atoms with E-state index in [0.717, 1.165) is 0 Å². The van der Waals surface area contributed by atoms with Crippen molar-refractivity contribution in [1.29, 1.82) is 0 Å². The van der Waals surface area contributed by atoms with E-state index >= 15 is 0 Å². The second-order valence-corrected chi connectivity index (χ2v) is 4.26. The van der Waals surface area contributed by atoms with E-state index in [4.69, 9.17) is 16.3 Å². The summed E-state index contributed by atoms with van der Waals surface area (Å²) in [5.41, 5.74) is 0.751. The fourth-order valence-corrected chi connectivity index (χ4v) is 1.60. The maximum Gasteiger partial charge on any atom is 0.340 e. The molecule has 1 aromatic heterocycles. The first-order valence-electron chi connectivity index (χ1n) is 5.58. The molecule has 0 radical (unpaired) electrons. The molecule has 0 aliphatic carbocycles. The van der Waals surface area contributed by atoms with Crippen LogP contribution in [0, 0.1) is 10.1 Å². The second-order valence-electron chi connectivity index (χ2n) is 3.87. The fraction of sp³-hybridized carbons (Fsp3) is 0.0769. The van der Waals surface area contributed by atoms with Crippen molar-refractivity contribution in [3.8, 4) is 0 Å². The third-order valence-corrected chi connectivity index (χ3v) is 2.68. The molecule has 2 rings (SSSR count). The number of hydrogen-bond acceptors (Lipinski definition) is 5. The summed E-state index contributed by atoms with van der Waals surface area (Å²) in [6.07, 6.45) is 1.30. The van der Waals surface area contributed by atoms with Gasteiger partial charge >= 0.3 is 5.97 Å². The Labute approximate surface area is 119 Å². The van der Waals surface area contributed by atoms with Gasteiger partial charge in [-0.05, 0) is 17.7 Å². The van der Waals surface area contributed by atoms with Gasteiger partial charge in [-0.3, -0.25) is 10.1 Å². The summed E-state index contributed by atoms with van der Waals surface area (Å²) in [4.78, 5) is 25.6. The molecule has 0 amide bonds. The number of nitro groups is 1. The zero-order chi connectivity index (χ0) is 14.5. The molecule has 0 aliphatic heterocycles. The van der Waals surface area contributed by atoms with Gasteiger partial charge in [0.25, 0.3) is 5.69 Å². The lowest BCUT2D eigenvalue weighted by Crippen LogP contribution is -2.05. The molecule has 0 fully saturated rings. The number of benzene rings is 1. The summed E-state index contributed by atoms with van der Waals surface area (Å²) in [6.45, 7) is -0.0524. The van der Waals surface area contributed by atoms with Gasteiger partial charge in [0.1, 0.15) is 11.8 Å². The Morgan fingerprint density at radius 2 is 2.15 bits per heavy atom. The molecule has 102 valence electrons. The predicted octanol–water partition coefficient (Wildman–Crippen LogP) is 3.00. The summed E-state index contributed by atoms with van der Waals surface area (Å²) < 4.78 is 5.04. The number of halogens is 1. The van der Waals surface area contributed by atoms with Gasteiger partial charge in [-0.25, -0.2) is 9.78 Å². The number of nitro benzene ring substituents is 1. The molecule has 0 saturated carbocycles. The van der Waals surface area contributed by atoms with Crippen molar-refractivity contribution in [2.24, 2.45) is 0 Å². The molecular weight excluding hydrogens is 284 g/mol. The fourth-order valence-electron chi connectivity index (χ4n) is 1.49. The number of nitrogens with zero attached hydrogens (tertiary/aromatic N) is 2. The van der Waals surface area contributed by atoms with E-state index in [1.165, 1.54) is 36.5 Å². The first-order chi connectivity index (χ1) is 9.56. The van der Waals surface area contributed by atoms with Crippen molar-refractivity contribution >= 4 is 23.3 Å². The molecule has 0 spiro atoms. The van der Waals surface area contributed by atoms with Crippen molar-refractivity contribution in [1.82, 2.24) is 4.98 Å². The Bertz CT molecular complexity index is 643. The normalized spacial score (nSPS) is 10.1. The SMILES string of the molecule is O=C(OCc1cccc([N+](=O)[O-])c1)c1ccc(Cl)nc1. The Morgan fingerprint density at radius 3 is 2.80 bits per heavy atom. The van der Waals surface area contributed by atoms with Crippen LogP contribution < -0.4 is 0 Å². The van der Waals surface area contributed by atoms with Crippen LogP contribution in [0.4, 0.5) is 5.69 Å². The number of esters is 1. The number of non-ortho nitro benzene ring substituents is 1. The van der Waals surface area contributed by atoms with Crippen LogP contribution in [-0.4, -0.2) is 15.9 Å². The zero-order valence-electron chi connectivity index (χ0n) is 10.2. The van der Waals surface area contributed by atoms with E-state index in [9.17, 15) is 14.9 Å². The van der Waals surface area contributed by atoms with Gasteiger partial charge in [-0.1, -0.05) is 23.7 Å². The standard InChI is InChI=1S/C13H9ClN2O4/c14-12-5-4-10(7-15-12)13(17)20-8-9-2-1-3-11(6-9)16(18)19/h1-7H,8H2. The zero-order valence-corrected chi connectivity index (χ0v) is 10.9. The first-order valence-corrected chi connectivity index (χ1v) is 5.96. The van der Waals surface area contributed by atoms with E-state index in [2.05, 4.69) is 4.98 Å². The number of rotatable bonds is 4. The summed E-state index contributed by atoms with van der Waals surface area (Å²) in [5, 5.41) is 10.9. The van der Waals surface area contributed by atoms with Crippen LogP contribution in [0.5, 0.6) is 0 Å². The van der Waals surface area contributed by atoms with Crippen molar-refractivity contribution in [3.05, 3.63) is 69.0 Å². The second kappa shape index (κ2) is 6.12. The number of carbonyl (C=O) groups excluding carboxylic acids is 1. The molecule has 0 bridgehead atoms. The molecule has 6 nitrogen and oxygen atoms in total. The largest absolute Gasteiger partial charge is 0.457 e. The molecule has 0 aliphatic rings. The van der Waals surface area contributed by atoms with Crippen LogP contribution in [0.15, 0.2) is 42.6 Å². The highest BCUT2D eigenvalue weighted by Crippen LogP contribution is 2.14. The van der Waals surface area contributed by atoms with Crippen molar-refractivity contribution in [3.63, 3.8) is 0 Å². The number of pyridine rings is 1. The van der Waals surface area contributed by atoms with Crippen LogP contribution in [0.25, 0.3) is 0 Å². The van der Waals surface area contributed by atoms with Crippen LogP contribution >= 0.6 is 11.6 Å². The van der Waals surface area contributed by atoms with Gasteiger partial charge < -0.3 is 4.74 Å². The Kier molecular flexibility index (Phi) is 4.27. The van der Waals surface area contributed by atoms with Gasteiger partial charge in [0.05, 0.1) is 10.5 Å². The smallest absolute Gasteiger partial charge is 0.340 e. The van der Waals surface area contributed by atoms with E-state index in [0.29, 0.717) is 5.56 Å². The molecule has 0 N–H and O–H groups in total. The lowest BCUT2D eigenvalue weighted by molar-refractivity contribution is -0.384. The number of aromatic nitrogens is 1. The maximum absolute atomic E-state index is 11.7. The molecule has 0 atom stereocenters. The molecule has 1 heterocycles. The van der Waals surface area contributed by atoms with Gasteiger partial charge in [0, 0.05) is 18.3 Å². The highest BCUT2D eigenvalue weighted by molar-refractivity contribution is 6.29. The molecular formula is C13H9ClN2O4. The average Bonchev–Trinajstić information content (AvgIpc) is 2.46. The minimum Gasteiger partial charge on any atom is -0.457 e. The van der Waals surface area contributed by atoms with Crippen molar-refractivity contribution in [2.45, 2.75) is 6.61 Å². The first kappa shape index (κ1) is 14.0. The predicted molar refractivity (Wildman–Crippen MR) is 71.5 cm³/mol. The Hall–Kier alpha value is -2.47.